The summed E-state index contributed by atoms with van der Waals surface area (Å²) >= 11 is 0. The molecule has 1 aromatic heterocycles. The van der Waals surface area contributed by atoms with Crippen LogP contribution in [-0.2, 0) is 4.74 Å². The molecular weight excluding hydrogens is 262 g/mol. The number of rotatable bonds is 4. The summed E-state index contributed by atoms with van der Waals surface area (Å²) in [6.45, 7) is 1.66. The van der Waals surface area contributed by atoms with E-state index in [1.807, 2.05) is 0 Å². The van der Waals surface area contributed by atoms with Crippen molar-refractivity contribution in [3.05, 3.63) is 29.7 Å². The Labute approximate surface area is 116 Å². The third-order valence-electron chi connectivity index (χ3n) is 2.81. The molecular formula is C14H15NO5. The number of aryl methyl sites for hydroxylation is 1. The number of oxazole rings is 1. The summed E-state index contributed by atoms with van der Waals surface area (Å²) in [5.41, 5.74) is 0.846. The first-order valence-electron chi connectivity index (χ1n) is 5.88. The first-order valence-corrected chi connectivity index (χ1v) is 5.88. The molecule has 0 amide bonds. The third-order valence-corrected chi connectivity index (χ3v) is 2.81. The zero-order valence-electron chi connectivity index (χ0n) is 11.7. The molecule has 1 heterocycles. The van der Waals surface area contributed by atoms with Gasteiger partial charge in [0.05, 0.1) is 21.3 Å². The van der Waals surface area contributed by atoms with Crippen LogP contribution in [0.2, 0.25) is 0 Å². The topological polar surface area (TPSA) is 70.8 Å². The monoisotopic (exact) mass is 277 g/mol. The molecule has 6 nitrogen and oxygen atoms in total. The Balaban J connectivity index is 2.44. The summed E-state index contributed by atoms with van der Waals surface area (Å²) in [6, 6.07) is 5.24. The maximum absolute atomic E-state index is 11.5. The number of carbonyl (C=O) groups excluding carboxylic acids is 1. The molecule has 0 N–H and O–H groups in total. The quantitative estimate of drug-likeness (QED) is 0.799. The SMILES string of the molecule is COC(=O)c1nc(-c2ccc(OC)c(OC)c2)oc1C. The predicted octanol–water partition coefficient (Wildman–Crippen LogP) is 2.45. The molecule has 2 aromatic rings. The van der Waals surface area contributed by atoms with Gasteiger partial charge in [0.1, 0.15) is 5.76 Å². The molecule has 0 aliphatic rings. The van der Waals surface area contributed by atoms with E-state index >= 15 is 0 Å². The first kappa shape index (κ1) is 13.9. The highest BCUT2D eigenvalue weighted by atomic mass is 16.5. The highest BCUT2D eigenvalue weighted by Gasteiger charge is 2.19. The Morgan fingerprint density at radius 1 is 1.15 bits per heavy atom. The minimum absolute atomic E-state index is 0.164. The number of ether oxygens (including phenoxy) is 3. The van der Waals surface area contributed by atoms with Gasteiger partial charge < -0.3 is 18.6 Å². The predicted molar refractivity (Wildman–Crippen MR) is 71.1 cm³/mol. The largest absolute Gasteiger partial charge is 0.493 e. The van der Waals surface area contributed by atoms with Crippen molar-refractivity contribution in [1.82, 2.24) is 4.98 Å². The lowest BCUT2D eigenvalue weighted by molar-refractivity contribution is 0.0593. The van der Waals surface area contributed by atoms with Gasteiger partial charge in [0.2, 0.25) is 5.89 Å². The zero-order chi connectivity index (χ0) is 14.7. The first-order chi connectivity index (χ1) is 9.60. The molecule has 20 heavy (non-hydrogen) atoms. The summed E-state index contributed by atoms with van der Waals surface area (Å²) in [4.78, 5) is 15.7. The number of methoxy groups -OCH3 is 3. The second kappa shape index (κ2) is 5.64. The van der Waals surface area contributed by atoms with Gasteiger partial charge in [-0.1, -0.05) is 0 Å². The lowest BCUT2D eigenvalue weighted by Crippen LogP contribution is -2.03. The summed E-state index contributed by atoms with van der Waals surface area (Å²) < 4.78 is 20.5. The molecule has 0 atom stereocenters. The molecule has 0 unspecified atom stereocenters. The number of hydrogen-bond donors (Lipinski definition) is 0. The van der Waals surface area contributed by atoms with Gasteiger partial charge in [0.15, 0.2) is 17.2 Å². The smallest absolute Gasteiger partial charge is 0.360 e. The summed E-state index contributed by atoms with van der Waals surface area (Å²) in [6.07, 6.45) is 0. The fourth-order valence-electron chi connectivity index (χ4n) is 1.78. The Morgan fingerprint density at radius 2 is 1.85 bits per heavy atom. The molecule has 2 rings (SSSR count). The normalized spacial score (nSPS) is 10.2. The van der Waals surface area contributed by atoms with E-state index < -0.39 is 5.97 Å². The van der Waals surface area contributed by atoms with Gasteiger partial charge in [-0.25, -0.2) is 9.78 Å². The molecule has 1 aromatic carbocycles. The zero-order valence-corrected chi connectivity index (χ0v) is 11.7. The van der Waals surface area contributed by atoms with Crippen molar-refractivity contribution in [3.8, 4) is 23.0 Å². The van der Waals surface area contributed by atoms with Gasteiger partial charge in [0.25, 0.3) is 0 Å². The Bertz CT molecular complexity index is 632. The molecule has 0 saturated carbocycles. The molecule has 0 fully saturated rings. The Morgan fingerprint density at radius 3 is 2.45 bits per heavy atom. The van der Waals surface area contributed by atoms with Crippen LogP contribution < -0.4 is 9.47 Å². The molecule has 6 heteroatoms. The maximum atomic E-state index is 11.5. The fraction of sp³-hybridized carbons (Fsp3) is 0.286. The second-order valence-corrected chi connectivity index (χ2v) is 3.99. The van der Waals surface area contributed by atoms with E-state index in [9.17, 15) is 4.79 Å². The van der Waals surface area contributed by atoms with E-state index in [0.717, 1.165) is 0 Å². The van der Waals surface area contributed by atoms with Crippen molar-refractivity contribution in [2.75, 3.05) is 21.3 Å². The molecule has 0 aliphatic heterocycles. The van der Waals surface area contributed by atoms with Gasteiger partial charge in [-0.05, 0) is 25.1 Å². The van der Waals surface area contributed by atoms with Crippen molar-refractivity contribution in [1.29, 1.82) is 0 Å². The molecule has 106 valence electrons. The van der Waals surface area contributed by atoms with E-state index in [4.69, 9.17) is 13.9 Å². The van der Waals surface area contributed by atoms with E-state index in [0.29, 0.717) is 28.7 Å². The van der Waals surface area contributed by atoms with Crippen molar-refractivity contribution < 1.29 is 23.4 Å². The number of carbonyl (C=O) groups is 1. The Hall–Kier alpha value is -2.50. The van der Waals surface area contributed by atoms with Crippen LogP contribution in [0.1, 0.15) is 16.2 Å². The van der Waals surface area contributed by atoms with Crippen LogP contribution in [0.25, 0.3) is 11.5 Å². The fourth-order valence-corrected chi connectivity index (χ4v) is 1.78. The van der Waals surface area contributed by atoms with Crippen molar-refractivity contribution >= 4 is 5.97 Å². The minimum atomic E-state index is -0.530. The lowest BCUT2D eigenvalue weighted by atomic mass is 10.2. The minimum Gasteiger partial charge on any atom is -0.493 e. The van der Waals surface area contributed by atoms with Gasteiger partial charge in [-0.2, -0.15) is 0 Å². The lowest BCUT2D eigenvalue weighted by Gasteiger charge is -2.07. The van der Waals surface area contributed by atoms with Gasteiger partial charge in [0, 0.05) is 5.56 Å². The molecule has 0 radical (unpaired) electrons. The van der Waals surface area contributed by atoms with Crippen molar-refractivity contribution in [2.45, 2.75) is 6.92 Å². The second-order valence-electron chi connectivity index (χ2n) is 3.99. The summed E-state index contributed by atoms with van der Waals surface area (Å²) in [5.74, 6) is 1.36. The van der Waals surface area contributed by atoms with Crippen molar-refractivity contribution in [2.24, 2.45) is 0 Å². The van der Waals surface area contributed by atoms with Crippen LogP contribution >= 0.6 is 0 Å². The van der Waals surface area contributed by atoms with Crippen LogP contribution in [0.5, 0.6) is 11.5 Å². The molecule has 0 spiro atoms. The highest BCUT2D eigenvalue weighted by Crippen LogP contribution is 2.32. The van der Waals surface area contributed by atoms with Gasteiger partial charge in [-0.3, -0.25) is 0 Å². The molecule has 0 saturated heterocycles. The third kappa shape index (κ3) is 2.45. The maximum Gasteiger partial charge on any atom is 0.360 e. The van der Waals surface area contributed by atoms with Crippen LogP contribution in [0.4, 0.5) is 0 Å². The van der Waals surface area contributed by atoms with Crippen LogP contribution in [0.3, 0.4) is 0 Å². The van der Waals surface area contributed by atoms with Crippen molar-refractivity contribution in [3.63, 3.8) is 0 Å². The number of nitrogens with zero attached hydrogens (tertiary/aromatic N) is 1. The standard InChI is InChI=1S/C14H15NO5/c1-8-12(14(16)19-4)15-13(20-8)9-5-6-10(17-2)11(7-9)18-3/h5-7H,1-4H3. The van der Waals surface area contributed by atoms with E-state index in [1.54, 1.807) is 39.3 Å². The Kier molecular flexibility index (Phi) is 3.93. The number of aromatic nitrogens is 1. The van der Waals surface area contributed by atoms with Gasteiger partial charge in [-0.15, -0.1) is 0 Å². The van der Waals surface area contributed by atoms with Gasteiger partial charge >= 0.3 is 5.97 Å². The average molecular weight is 277 g/mol. The number of benzene rings is 1. The summed E-state index contributed by atoms with van der Waals surface area (Å²) in [7, 11) is 4.40. The van der Waals surface area contributed by atoms with E-state index in [-0.39, 0.29) is 5.69 Å². The molecule has 0 aliphatic carbocycles. The summed E-state index contributed by atoms with van der Waals surface area (Å²) in [5, 5.41) is 0. The van der Waals surface area contributed by atoms with E-state index in [1.165, 1.54) is 7.11 Å². The molecule has 0 bridgehead atoms. The van der Waals surface area contributed by atoms with Crippen LogP contribution in [0, 0.1) is 6.92 Å². The average Bonchev–Trinajstić information content (AvgIpc) is 2.87. The van der Waals surface area contributed by atoms with Crippen LogP contribution in [0.15, 0.2) is 22.6 Å². The highest BCUT2D eigenvalue weighted by molar-refractivity contribution is 5.88. The van der Waals surface area contributed by atoms with E-state index in [2.05, 4.69) is 9.72 Å². The van der Waals surface area contributed by atoms with Crippen LogP contribution in [-0.4, -0.2) is 32.3 Å². The number of hydrogen-bond acceptors (Lipinski definition) is 6. The number of esters is 1.